The van der Waals surface area contributed by atoms with Crippen LogP contribution in [0, 0.1) is 0 Å². The molecule has 0 amide bonds. The Morgan fingerprint density at radius 3 is 2.67 bits per heavy atom. The molecule has 0 radical (unpaired) electrons. The molecule has 0 saturated carbocycles. The Labute approximate surface area is 64.9 Å². The fourth-order valence-electron chi connectivity index (χ4n) is 0.843. The summed E-state index contributed by atoms with van der Waals surface area (Å²) >= 11 is 2.06. The van der Waals surface area contributed by atoms with Gasteiger partial charge in [-0.2, -0.15) is 0 Å². The molecule has 0 aromatic carbocycles. The van der Waals surface area contributed by atoms with E-state index in [9.17, 15) is 0 Å². The molecule has 0 spiro atoms. The third-order valence-corrected chi connectivity index (χ3v) is 1.32. The fourth-order valence-corrected chi connectivity index (χ4v) is 0.843. The second kappa shape index (κ2) is 2.36. The van der Waals surface area contributed by atoms with Gasteiger partial charge in [-0.1, -0.05) is 0 Å². The van der Waals surface area contributed by atoms with Crippen molar-refractivity contribution < 1.29 is 4.74 Å². The molecule has 9 heavy (non-hydrogen) atoms. The first kappa shape index (κ1) is 7.18. The SMILES string of the molecule is [Li][CH2]C1=NC(C)(C)CO1. The van der Waals surface area contributed by atoms with E-state index in [1.807, 2.05) is 0 Å². The van der Waals surface area contributed by atoms with Gasteiger partial charge < -0.3 is 0 Å². The zero-order valence-electron chi connectivity index (χ0n) is 6.27. The minimum absolute atomic E-state index is 0.0331. The number of nitrogens with zero attached hydrogens (tertiary/aromatic N) is 1. The van der Waals surface area contributed by atoms with Crippen LogP contribution >= 0.6 is 0 Å². The number of hydrogen-bond acceptors (Lipinski definition) is 2. The average Bonchev–Trinajstić information content (AvgIpc) is 2.10. The van der Waals surface area contributed by atoms with Gasteiger partial charge in [0.25, 0.3) is 0 Å². The van der Waals surface area contributed by atoms with E-state index in [-0.39, 0.29) is 5.54 Å². The monoisotopic (exact) mass is 119 g/mol. The fraction of sp³-hybridized carbons (Fsp3) is 0.833. The van der Waals surface area contributed by atoms with E-state index in [0.717, 1.165) is 17.6 Å². The predicted octanol–water partition coefficient (Wildman–Crippen LogP) is 0.780. The van der Waals surface area contributed by atoms with Crippen molar-refractivity contribution in [1.82, 2.24) is 0 Å². The Hall–Kier alpha value is 0.0674. The maximum atomic E-state index is 5.27. The summed E-state index contributed by atoms with van der Waals surface area (Å²) in [5.41, 5.74) is 0.0331. The van der Waals surface area contributed by atoms with Crippen LogP contribution in [0.15, 0.2) is 4.99 Å². The molecule has 0 aliphatic carbocycles. The van der Waals surface area contributed by atoms with Crippen LogP contribution in [0.2, 0.25) is 5.09 Å². The summed E-state index contributed by atoms with van der Waals surface area (Å²) in [4.78, 5) is 4.33. The molecule has 0 aromatic rings. The van der Waals surface area contributed by atoms with Crippen molar-refractivity contribution >= 4 is 23.6 Å². The van der Waals surface area contributed by atoms with Crippen LogP contribution in [-0.2, 0) is 4.74 Å². The summed E-state index contributed by atoms with van der Waals surface area (Å²) in [6.07, 6.45) is 0. The van der Waals surface area contributed by atoms with E-state index in [2.05, 4.69) is 36.6 Å². The molecule has 46 valence electrons. The van der Waals surface area contributed by atoms with E-state index in [4.69, 9.17) is 4.74 Å². The quantitative estimate of drug-likeness (QED) is 0.467. The first-order valence-corrected chi connectivity index (χ1v) is 3.35. The van der Waals surface area contributed by atoms with Gasteiger partial charge in [0, 0.05) is 0 Å². The van der Waals surface area contributed by atoms with Crippen LogP contribution < -0.4 is 0 Å². The second-order valence-corrected chi connectivity index (χ2v) is 2.96. The van der Waals surface area contributed by atoms with Crippen LogP contribution in [0.3, 0.4) is 0 Å². The van der Waals surface area contributed by atoms with Crippen molar-refractivity contribution in [3.8, 4) is 0 Å². The van der Waals surface area contributed by atoms with Gasteiger partial charge in [0.1, 0.15) is 0 Å². The third kappa shape index (κ3) is 1.74. The Bertz CT molecular complexity index is 142. The normalized spacial score (nSPS) is 23.3. The zero-order valence-corrected chi connectivity index (χ0v) is 6.27. The Morgan fingerprint density at radius 2 is 2.44 bits per heavy atom. The molecule has 1 rings (SSSR count). The summed E-state index contributed by atoms with van der Waals surface area (Å²) in [7, 11) is 0. The van der Waals surface area contributed by atoms with E-state index in [1.165, 1.54) is 0 Å². The molecule has 0 atom stereocenters. The molecular formula is C6H10LiNO. The van der Waals surface area contributed by atoms with Crippen LogP contribution in [-0.4, -0.2) is 35.8 Å². The van der Waals surface area contributed by atoms with Crippen LogP contribution in [0.25, 0.3) is 0 Å². The van der Waals surface area contributed by atoms with Crippen molar-refractivity contribution in [2.45, 2.75) is 24.5 Å². The van der Waals surface area contributed by atoms with E-state index >= 15 is 0 Å². The summed E-state index contributed by atoms with van der Waals surface area (Å²) in [5, 5.41) is 0.920. The standard InChI is InChI=1S/C6H10NO.Li/c1-5-7-6(2,3)4-8-5;/h1,4H2,2-3H3;. The van der Waals surface area contributed by atoms with Gasteiger partial charge in [0.2, 0.25) is 0 Å². The zero-order chi connectivity index (χ0) is 6.91. The summed E-state index contributed by atoms with van der Waals surface area (Å²) in [6.45, 7) is 4.90. The maximum absolute atomic E-state index is 5.27. The van der Waals surface area contributed by atoms with Gasteiger partial charge in [0.15, 0.2) is 0 Å². The molecule has 0 fully saturated rings. The summed E-state index contributed by atoms with van der Waals surface area (Å²) in [6, 6.07) is 0. The van der Waals surface area contributed by atoms with Gasteiger partial charge in [-0.3, -0.25) is 0 Å². The second-order valence-electron chi connectivity index (χ2n) is 2.96. The van der Waals surface area contributed by atoms with Crippen molar-refractivity contribution in [1.29, 1.82) is 0 Å². The topological polar surface area (TPSA) is 21.6 Å². The van der Waals surface area contributed by atoms with E-state index < -0.39 is 0 Å². The molecular weight excluding hydrogens is 109 g/mol. The van der Waals surface area contributed by atoms with Crippen LogP contribution in [0.1, 0.15) is 13.8 Å². The predicted molar refractivity (Wildman–Crippen MR) is 38.0 cm³/mol. The van der Waals surface area contributed by atoms with Crippen LogP contribution in [0.4, 0.5) is 0 Å². The molecule has 3 heteroatoms. The van der Waals surface area contributed by atoms with Gasteiger partial charge in [-0.25, -0.2) is 0 Å². The molecule has 2 nitrogen and oxygen atoms in total. The average molecular weight is 119 g/mol. The first-order valence-electron chi connectivity index (χ1n) is 3.35. The van der Waals surface area contributed by atoms with E-state index in [1.54, 1.807) is 0 Å². The van der Waals surface area contributed by atoms with Crippen molar-refractivity contribution in [3.05, 3.63) is 0 Å². The molecule has 0 saturated heterocycles. The van der Waals surface area contributed by atoms with Crippen molar-refractivity contribution in [3.63, 3.8) is 0 Å². The molecule has 0 bridgehead atoms. The molecule has 0 aromatic heterocycles. The summed E-state index contributed by atoms with van der Waals surface area (Å²) in [5.74, 6) is 0.903. The molecule has 1 aliphatic rings. The van der Waals surface area contributed by atoms with Crippen LogP contribution in [0.5, 0.6) is 0 Å². The molecule has 1 aliphatic heterocycles. The van der Waals surface area contributed by atoms with Gasteiger partial charge in [-0.05, 0) is 0 Å². The Morgan fingerprint density at radius 1 is 1.78 bits per heavy atom. The first-order chi connectivity index (χ1) is 4.14. The Balaban J connectivity index is 2.61. The molecule has 0 unspecified atom stereocenters. The number of hydrogen-bond donors (Lipinski definition) is 0. The number of aliphatic imine (C=N–C) groups is 1. The van der Waals surface area contributed by atoms with Crippen molar-refractivity contribution in [2.75, 3.05) is 6.61 Å². The van der Waals surface area contributed by atoms with E-state index in [0.29, 0.717) is 0 Å². The van der Waals surface area contributed by atoms with Gasteiger partial charge in [-0.15, -0.1) is 0 Å². The number of rotatable bonds is 1. The van der Waals surface area contributed by atoms with Gasteiger partial charge in [0.05, 0.1) is 0 Å². The minimum atomic E-state index is 0.0331. The van der Waals surface area contributed by atoms with Gasteiger partial charge >= 0.3 is 64.4 Å². The molecule has 0 N–H and O–H groups in total. The Kier molecular flexibility index (Phi) is 1.88. The summed E-state index contributed by atoms with van der Waals surface area (Å²) < 4.78 is 5.27. The number of ether oxygens (including phenoxy) is 1. The molecule has 1 heterocycles. The van der Waals surface area contributed by atoms with Crippen molar-refractivity contribution in [2.24, 2.45) is 4.99 Å². The third-order valence-electron chi connectivity index (χ3n) is 1.32.